The lowest BCUT2D eigenvalue weighted by molar-refractivity contribution is -0.00509. The van der Waals surface area contributed by atoms with E-state index in [2.05, 4.69) is 61.6 Å². The van der Waals surface area contributed by atoms with Gasteiger partial charge in [0.05, 0.1) is 25.4 Å². The highest BCUT2D eigenvalue weighted by Gasteiger charge is 2.20. The van der Waals surface area contributed by atoms with Gasteiger partial charge < -0.3 is 19.9 Å². The van der Waals surface area contributed by atoms with Gasteiger partial charge in [-0.2, -0.15) is 0 Å². The zero-order valence-corrected chi connectivity index (χ0v) is 19.1. The quantitative estimate of drug-likeness (QED) is 0.442. The fraction of sp³-hybridized carbons (Fsp3) is 0.407. The van der Waals surface area contributed by atoms with Crippen LogP contribution in [-0.4, -0.2) is 36.5 Å². The van der Waals surface area contributed by atoms with Gasteiger partial charge in [-0.05, 0) is 56.5 Å². The average Bonchev–Trinajstić information content (AvgIpc) is 2.76. The molecule has 0 bridgehead atoms. The number of hydrogen-bond acceptors (Lipinski definition) is 4. The van der Waals surface area contributed by atoms with Crippen LogP contribution < -0.4 is 10.1 Å². The Morgan fingerprint density at radius 2 is 1.68 bits per heavy atom. The fourth-order valence-electron chi connectivity index (χ4n) is 3.82. The van der Waals surface area contributed by atoms with Crippen LogP contribution in [0.5, 0.6) is 5.75 Å². The van der Waals surface area contributed by atoms with Crippen molar-refractivity contribution in [3.8, 4) is 5.75 Å². The summed E-state index contributed by atoms with van der Waals surface area (Å²) in [6.07, 6.45) is 0.143. The largest absolute Gasteiger partial charge is 0.493 e. The van der Waals surface area contributed by atoms with Crippen LogP contribution in [0, 0.1) is 0 Å². The molecule has 3 rings (SSSR count). The molecule has 2 N–H and O–H groups in total. The van der Waals surface area contributed by atoms with E-state index >= 15 is 0 Å². The van der Waals surface area contributed by atoms with E-state index in [4.69, 9.17) is 9.47 Å². The minimum absolute atomic E-state index is 0.142. The molecule has 0 radical (unpaired) electrons. The predicted molar refractivity (Wildman–Crippen MR) is 128 cm³/mol. The number of rotatable bonds is 11. The molecular weight excluding hydrogens is 386 g/mol. The smallest absolute Gasteiger partial charge is 0.125 e. The van der Waals surface area contributed by atoms with Gasteiger partial charge in [-0.25, -0.2) is 0 Å². The van der Waals surface area contributed by atoms with E-state index in [1.807, 2.05) is 38.1 Å². The first kappa shape index (κ1) is 23.3. The highest BCUT2D eigenvalue weighted by atomic mass is 16.5. The Morgan fingerprint density at radius 1 is 0.968 bits per heavy atom. The zero-order valence-electron chi connectivity index (χ0n) is 19.1. The maximum Gasteiger partial charge on any atom is 0.125 e. The first-order chi connectivity index (χ1) is 14.9. The van der Waals surface area contributed by atoms with Crippen LogP contribution >= 0.6 is 0 Å². The first-order valence-corrected chi connectivity index (χ1v) is 11.1. The van der Waals surface area contributed by atoms with Crippen molar-refractivity contribution in [1.29, 1.82) is 0 Å². The summed E-state index contributed by atoms with van der Waals surface area (Å²) in [5.41, 5.74) is 2.14. The van der Waals surface area contributed by atoms with E-state index in [0.717, 1.165) is 17.7 Å². The van der Waals surface area contributed by atoms with Crippen LogP contribution in [0.3, 0.4) is 0 Å². The number of aliphatic hydroxyl groups is 1. The Hall–Kier alpha value is -2.40. The van der Waals surface area contributed by atoms with E-state index < -0.39 is 6.10 Å². The summed E-state index contributed by atoms with van der Waals surface area (Å²) in [6.45, 7) is 9.64. The van der Waals surface area contributed by atoms with Gasteiger partial charge in [-0.3, -0.25) is 0 Å². The van der Waals surface area contributed by atoms with Crippen LogP contribution in [0.25, 0.3) is 10.8 Å². The third-order valence-corrected chi connectivity index (χ3v) is 5.47. The third kappa shape index (κ3) is 6.79. The highest BCUT2D eigenvalue weighted by molar-refractivity contribution is 5.83. The van der Waals surface area contributed by atoms with Crippen LogP contribution in [0.1, 0.15) is 44.9 Å². The van der Waals surface area contributed by atoms with E-state index in [0.29, 0.717) is 13.2 Å². The number of para-hydroxylation sites is 1. The second kappa shape index (κ2) is 10.8. The molecule has 0 saturated carbocycles. The van der Waals surface area contributed by atoms with Crippen molar-refractivity contribution in [3.63, 3.8) is 0 Å². The SMILES string of the molecule is CCOc1ccccc1C(C)OCC(O)CNC(C)(C)Cc1ccc2ccccc2c1. The molecule has 0 aliphatic carbocycles. The zero-order chi connectivity index (χ0) is 22.3. The second-order valence-electron chi connectivity index (χ2n) is 8.72. The number of nitrogens with one attached hydrogen (secondary N) is 1. The Bertz CT molecular complexity index is 969. The summed E-state index contributed by atoms with van der Waals surface area (Å²) >= 11 is 0. The number of fused-ring (bicyclic) bond motifs is 1. The fourth-order valence-corrected chi connectivity index (χ4v) is 3.82. The molecule has 0 aliphatic heterocycles. The molecule has 4 nitrogen and oxygen atoms in total. The Morgan fingerprint density at radius 3 is 2.45 bits per heavy atom. The van der Waals surface area contributed by atoms with Crippen molar-refractivity contribution in [2.75, 3.05) is 19.8 Å². The minimum Gasteiger partial charge on any atom is -0.493 e. The van der Waals surface area contributed by atoms with Gasteiger partial charge in [0.2, 0.25) is 0 Å². The van der Waals surface area contributed by atoms with Gasteiger partial charge in [-0.15, -0.1) is 0 Å². The van der Waals surface area contributed by atoms with Crippen molar-refractivity contribution < 1.29 is 14.6 Å². The van der Waals surface area contributed by atoms with Crippen LogP contribution in [0.15, 0.2) is 66.7 Å². The first-order valence-electron chi connectivity index (χ1n) is 11.1. The van der Waals surface area contributed by atoms with E-state index in [1.54, 1.807) is 0 Å². The number of hydrogen-bond donors (Lipinski definition) is 2. The molecule has 2 atom stereocenters. The highest BCUT2D eigenvalue weighted by Crippen LogP contribution is 2.27. The standard InChI is InChI=1S/C27H35NO3/c1-5-30-26-13-9-8-12-25(26)20(2)31-19-24(29)18-28-27(3,4)17-21-14-15-22-10-6-7-11-23(22)16-21/h6-16,20,24,28-29H,5,17-19H2,1-4H3. The van der Waals surface area contributed by atoms with Gasteiger partial charge in [0.25, 0.3) is 0 Å². The van der Waals surface area contributed by atoms with E-state index in [-0.39, 0.29) is 18.2 Å². The molecule has 0 saturated heterocycles. The lowest BCUT2D eigenvalue weighted by Crippen LogP contribution is -2.46. The molecule has 31 heavy (non-hydrogen) atoms. The lowest BCUT2D eigenvalue weighted by atomic mass is 9.93. The van der Waals surface area contributed by atoms with Gasteiger partial charge >= 0.3 is 0 Å². The molecule has 0 aliphatic rings. The van der Waals surface area contributed by atoms with Crippen molar-refractivity contribution in [3.05, 3.63) is 77.9 Å². The number of aliphatic hydroxyl groups excluding tert-OH is 1. The molecule has 0 aromatic heterocycles. The third-order valence-electron chi connectivity index (χ3n) is 5.47. The number of ether oxygens (including phenoxy) is 2. The summed E-state index contributed by atoms with van der Waals surface area (Å²) in [5.74, 6) is 0.835. The van der Waals surface area contributed by atoms with Crippen molar-refractivity contribution in [1.82, 2.24) is 5.32 Å². The summed E-state index contributed by atoms with van der Waals surface area (Å²) in [6, 6.07) is 22.9. The summed E-state index contributed by atoms with van der Waals surface area (Å²) in [5, 5.41) is 16.5. The van der Waals surface area contributed by atoms with Crippen LogP contribution in [0.2, 0.25) is 0 Å². The minimum atomic E-state index is -0.586. The van der Waals surface area contributed by atoms with E-state index in [1.165, 1.54) is 16.3 Å². The van der Waals surface area contributed by atoms with Crippen molar-refractivity contribution in [2.45, 2.75) is 51.9 Å². The normalized spacial score (nSPS) is 13.8. The molecule has 3 aromatic rings. The summed E-state index contributed by atoms with van der Waals surface area (Å²) < 4.78 is 11.6. The molecule has 166 valence electrons. The molecule has 0 amide bonds. The number of β-amino-alcohol motifs (C(OH)–C–C–N with tert-alkyl or cyclic N) is 1. The molecule has 0 spiro atoms. The van der Waals surface area contributed by atoms with Gasteiger partial charge in [0.15, 0.2) is 0 Å². The van der Waals surface area contributed by atoms with Crippen LogP contribution in [0.4, 0.5) is 0 Å². The Balaban J connectivity index is 1.49. The van der Waals surface area contributed by atoms with Gasteiger partial charge in [-0.1, -0.05) is 60.7 Å². The van der Waals surface area contributed by atoms with Gasteiger partial charge in [0, 0.05) is 17.6 Å². The molecule has 3 aromatic carbocycles. The topological polar surface area (TPSA) is 50.7 Å². The Kier molecular flexibility index (Phi) is 8.08. The second-order valence-corrected chi connectivity index (χ2v) is 8.72. The molecule has 0 fully saturated rings. The summed E-state index contributed by atoms with van der Waals surface area (Å²) in [7, 11) is 0. The monoisotopic (exact) mass is 421 g/mol. The van der Waals surface area contributed by atoms with Crippen molar-refractivity contribution >= 4 is 10.8 Å². The van der Waals surface area contributed by atoms with Crippen LogP contribution in [-0.2, 0) is 11.2 Å². The molecule has 4 heteroatoms. The molecule has 2 unspecified atom stereocenters. The maximum atomic E-state index is 10.5. The number of benzene rings is 3. The average molecular weight is 422 g/mol. The Labute approximate surface area is 186 Å². The van der Waals surface area contributed by atoms with Gasteiger partial charge in [0.1, 0.15) is 5.75 Å². The van der Waals surface area contributed by atoms with Crippen molar-refractivity contribution in [2.24, 2.45) is 0 Å². The predicted octanol–water partition coefficient (Wildman–Crippen LogP) is 5.29. The summed E-state index contributed by atoms with van der Waals surface area (Å²) in [4.78, 5) is 0. The van der Waals surface area contributed by atoms with E-state index in [9.17, 15) is 5.11 Å². The maximum absolute atomic E-state index is 10.5. The molecule has 0 heterocycles. The molecular formula is C27H35NO3. The lowest BCUT2D eigenvalue weighted by Gasteiger charge is -2.28.